The Hall–Kier alpha value is -1.65. The van der Waals surface area contributed by atoms with Crippen molar-refractivity contribution in [2.45, 2.75) is 13.3 Å². The van der Waals surface area contributed by atoms with Gasteiger partial charge in [0.25, 0.3) is 0 Å². The number of benzene rings is 1. The van der Waals surface area contributed by atoms with Crippen molar-refractivity contribution in [1.29, 1.82) is 0 Å². The van der Waals surface area contributed by atoms with Crippen LogP contribution in [-0.2, 0) is 4.79 Å². The number of hydrogen-bond donors (Lipinski definition) is 2. The lowest BCUT2D eigenvalue weighted by Gasteiger charge is -2.20. The summed E-state index contributed by atoms with van der Waals surface area (Å²) in [7, 11) is 0. The van der Waals surface area contributed by atoms with E-state index in [4.69, 9.17) is 10.2 Å². The zero-order valence-corrected chi connectivity index (χ0v) is 11.2. The molecule has 0 heterocycles. The highest BCUT2D eigenvalue weighted by Gasteiger charge is 2.12. The van der Waals surface area contributed by atoms with E-state index in [2.05, 4.69) is 0 Å². The molecule has 0 saturated heterocycles. The minimum atomic E-state index is -0.0901. The maximum absolute atomic E-state index is 12.0. The van der Waals surface area contributed by atoms with Crippen molar-refractivity contribution in [3.8, 4) is 0 Å². The molecule has 4 heteroatoms. The van der Waals surface area contributed by atoms with Gasteiger partial charge in [-0.05, 0) is 12.5 Å². The molecule has 0 bridgehead atoms. The standard InChI is InChI=1S/C15H21NO3/c1-13(11-14-5-3-2-4-6-14)12-15(19)16(7-9-17)8-10-18/h2-6,11,17-18H,7-10,12H2,1H3. The fraction of sp³-hybridized carbons (Fsp3) is 0.400. The van der Waals surface area contributed by atoms with Gasteiger partial charge in [-0.2, -0.15) is 0 Å². The van der Waals surface area contributed by atoms with Crippen molar-refractivity contribution >= 4 is 12.0 Å². The lowest BCUT2D eigenvalue weighted by molar-refractivity contribution is -0.131. The van der Waals surface area contributed by atoms with Crippen LogP contribution in [0.15, 0.2) is 35.9 Å². The molecule has 0 atom stereocenters. The Kier molecular flexibility index (Phi) is 6.85. The Morgan fingerprint density at radius 3 is 2.26 bits per heavy atom. The van der Waals surface area contributed by atoms with Crippen molar-refractivity contribution in [3.05, 3.63) is 41.5 Å². The normalized spacial score (nSPS) is 11.4. The minimum Gasteiger partial charge on any atom is -0.395 e. The zero-order chi connectivity index (χ0) is 14.1. The van der Waals surface area contributed by atoms with Gasteiger partial charge in [0.05, 0.1) is 13.2 Å². The number of amides is 1. The smallest absolute Gasteiger partial charge is 0.226 e. The van der Waals surface area contributed by atoms with E-state index in [1.54, 1.807) is 0 Å². The predicted molar refractivity (Wildman–Crippen MR) is 75.5 cm³/mol. The Morgan fingerprint density at radius 2 is 1.74 bits per heavy atom. The summed E-state index contributed by atoms with van der Waals surface area (Å²) in [5.41, 5.74) is 2.01. The second kappa shape index (κ2) is 8.45. The van der Waals surface area contributed by atoms with Gasteiger partial charge >= 0.3 is 0 Å². The van der Waals surface area contributed by atoms with Crippen molar-refractivity contribution in [3.63, 3.8) is 0 Å². The SMILES string of the molecule is CC(=Cc1ccccc1)CC(=O)N(CCO)CCO. The van der Waals surface area contributed by atoms with Crippen LogP contribution < -0.4 is 0 Å². The van der Waals surface area contributed by atoms with Crippen LogP contribution in [0.1, 0.15) is 18.9 Å². The number of nitrogens with zero attached hydrogens (tertiary/aromatic N) is 1. The van der Waals surface area contributed by atoms with Crippen LogP contribution >= 0.6 is 0 Å². The first-order valence-corrected chi connectivity index (χ1v) is 6.39. The van der Waals surface area contributed by atoms with Crippen LogP contribution in [0.5, 0.6) is 0 Å². The number of aliphatic hydroxyl groups is 2. The molecule has 0 spiro atoms. The largest absolute Gasteiger partial charge is 0.395 e. The van der Waals surface area contributed by atoms with Gasteiger partial charge in [-0.3, -0.25) is 4.79 Å². The van der Waals surface area contributed by atoms with Gasteiger partial charge in [-0.1, -0.05) is 42.0 Å². The van der Waals surface area contributed by atoms with Crippen molar-refractivity contribution in [2.75, 3.05) is 26.3 Å². The van der Waals surface area contributed by atoms with Crippen LogP contribution in [0, 0.1) is 0 Å². The molecule has 2 N–H and O–H groups in total. The van der Waals surface area contributed by atoms with Crippen molar-refractivity contribution in [1.82, 2.24) is 4.90 Å². The summed E-state index contributed by atoms with van der Waals surface area (Å²) in [4.78, 5) is 13.5. The number of aliphatic hydroxyl groups excluding tert-OH is 2. The van der Waals surface area contributed by atoms with Crippen LogP contribution in [0.2, 0.25) is 0 Å². The minimum absolute atomic E-state index is 0.0761. The van der Waals surface area contributed by atoms with E-state index in [9.17, 15) is 4.79 Å². The molecular formula is C15H21NO3. The average Bonchev–Trinajstić information content (AvgIpc) is 2.39. The fourth-order valence-electron chi connectivity index (χ4n) is 1.84. The first-order valence-electron chi connectivity index (χ1n) is 6.39. The molecule has 1 aromatic carbocycles. The van der Waals surface area contributed by atoms with Crippen LogP contribution in [0.4, 0.5) is 0 Å². The average molecular weight is 263 g/mol. The molecule has 0 unspecified atom stereocenters. The van der Waals surface area contributed by atoms with E-state index >= 15 is 0 Å². The van der Waals surface area contributed by atoms with Gasteiger partial charge in [0.2, 0.25) is 5.91 Å². The maximum Gasteiger partial charge on any atom is 0.226 e. The summed E-state index contributed by atoms with van der Waals surface area (Å²) in [6.07, 6.45) is 2.27. The molecule has 0 aliphatic heterocycles. The van der Waals surface area contributed by atoms with E-state index in [0.29, 0.717) is 6.42 Å². The molecule has 4 nitrogen and oxygen atoms in total. The van der Waals surface area contributed by atoms with E-state index in [1.807, 2.05) is 43.3 Å². The Balaban J connectivity index is 2.62. The van der Waals surface area contributed by atoms with Crippen LogP contribution in [0.25, 0.3) is 6.08 Å². The predicted octanol–water partition coefficient (Wildman–Crippen LogP) is 1.29. The number of carbonyl (C=O) groups excluding carboxylic acids is 1. The van der Waals surface area contributed by atoms with Gasteiger partial charge < -0.3 is 15.1 Å². The summed E-state index contributed by atoms with van der Waals surface area (Å²) < 4.78 is 0. The van der Waals surface area contributed by atoms with E-state index in [1.165, 1.54) is 4.90 Å². The van der Waals surface area contributed by atoms with Gasteiger partial charge in [0.15, 0.2) is 0 Å². The number of carbonyl (C=O) groups is 1. The highest BCUT2D eigenvalue weighted by atomic mass is 16.3. The zero-order valence-electron chi connectivity index (χ0n) is 11.2. The fourth-order valence-corrected chi connectivity index (χ4v) is 1.84. The molecule has 0 aliphatic rings. The van der Waals surface area contributed by atoms with E-state index < -0.39 is 0 Å². The number of rotatable bonds is 7. The van der Waals surface area contributed by atoms with E-state index in [0.717, 1.165) is 11.1 Å². The Bertz CT molecular complexity index is 409. The lowest BCUT2D eigenvalue weighted by atomic mass is 10.1. The lowest BCUT2D eigenvalue weighted by Crippen LogP contribution is -2.35. The monoisotopic (exact) mass is 263 g/mol. The van der Waals surface area contributed by atoms with Gasteiger partial charge in [0.1, 0.15) is 0 Å². The van der Waals surface area contributed by atoms with Gasteiger partial charge in [0, 0.05) is 19.5 Å². The first kappa shape index (κ1) is 15.4. The maximum atomic E-state index is 12.0. The quantitative estimate of drug-likeness (QED) is 0.779. The molecule has 19 heavy (non-hydrogen) atoms. The van der Waals surface area contributed by atoms with Crippen LogP contribution in [0.3, 0.4) is 0 Å². The third-order valence-corrected chi connectivity index (χ3v) is 2.74. The molecule has 0 saturated carbocycles. The summed E-state index contributed by atoms with van der Waals surface area (Å²) in [6.45, 7) is 2.25. The van der Waals surface area contributed by atoms with Gasteiger partial charge in [-0.15, -0.1) is 0 Å². The molecule has 0 aromatic heterocycles. The third-order valence-electron chi connectivity index (χ3n) is 2.74. The molecular weight excluding hydrogens is 242 g/mol. The first-order chi connectivity index (χ1) is 9.17. The van der Waals surface area contributed by atoms with Crippen molar-refractivity contribution < 1.29 is 15.0 Å². The highest BCUT2D eigenvalue weighted by Crippen LogP contribution is 2.10. The molecule has 0 fully saturated rings. The number of hydrogen-bond acceptors (Lipinski definition) is 3. The molecule has 1 rings (SSSR count). The van der Waals surface area contributed by atoms with E-state index in [-0.39, 0.29) is 32.2 Å². The molecule has 104 valence electrons. The Labute approximate surface area is 114 Å². The summed E-state index contributed by atoms with van der Waals surface area (Å²) in [5, 5.41) is 17.8. The molecule has 1 aromatic rings. The second-order valence-corrected chi connectivity index (χ2v) is 4.41. The summed E-state index contributed by atoms with van der Waals surface area (Å²) in [5.74, 6) is -0.0761. The topological polar surface area (TPSA) is 60.8 Å². The molecule has 1 amide bonds. The van der Waals surface area contributed by atoms with Crippen molar-refractivity contribution in [2.24, 2.45) is 0 Å². The highest BCUT2D eigenvalue weighted by molar-refractivity contribution is 5.80. The summed E-state index contributed by atoms with van der Waals surface area (Å²) in [6, 6.07) is 9.80. The summed E-state index contributed by atoms with van der Waals surface area (Å²) >= 11 is 0. The second-order valence-electron chi connectivity index (χ2n) is 4.41. The third kappa shape index (κ3) is 5.68. The van der Waals surface area contributed by atoms with Gasteiger partial charge in [-0.25, -0.2) is 0 Å². The molecule has 0 radical (unpaired) electrons. The Morgan fingerprint density at radius 1 is 1.16 bits per heavy atom. The van der Waals surface area contributed by atoms with Crippen LogP contribution in [-0.4, -0.2) is 47.3 Å². The molecule has 0 aliphatic carbocycles.